The molecule has 2 amide bonds. The number of hydrogen-bond donors (Lipinski definition) is 2. The summed E-state index contributed by atoms with van der Waals surface area (Å²) < 4.78 is 39.3. The van der Waals surface area contributed by atoms with Gasteiger partial charge < -0.3 is 15.3 Å². The summed E-state index contributed by atoms with van der Waals surface area (Å²) in [6.45, 7) is 7.34. The lowest BCUT2D eigenvalue weighted by Gasteiger charge is -2.28. The molecule has 4 rings (SSSR count). The molecule has 3 atom stereocenters. The van der Waals surface area contributed by atoms with Crippen LogP contribution in [-0.2, 0) is 17.2 Å². The van der Waals surface area contributed by atoms with Gasteiger partial charge in [0.15, 0.2) is 0 Å². The SMILES string of the molecule is CC(C)(C)c1ccc([C@]2(O)C[C@H]3CN(C(=O)Nc4ccc(Cl)c(C(F)(F)F)c4)C[C@H]3C2)cc1. The molecule has 4 nitrogen and oxygen atoms in total. The lowest BCUT2D eigenvalue weighted by atomic mass is 9.84. The van der Waals surface area contributed by atoms with Gasteiger partial charge in [-0.15, -0.1) is 0 Å². The molecule has 33 heavy (non-hydrogen) atoms. The maximum Gasteiger partial charge on any atom is 0.417 e. The van der Waals surface area contributed by atoms with Gasteiger partial charge in [0.05, 0.1) is 16.2 Å². The number of carbonyl (C=O) groups is 1. The highest BCUT2D eigenvalue weighted by Crippen LogP contribution is 2.49. The number of benzene rings is 2. The van der Waals surface area contributed by atoms with Crippen LogP contribution in [0.25, 0.3) is 0 Å². The summed E-state index contributed by atoms with van der Waals surface area (Å²) in [7, 11) is 0. The molecule has 0 bridgehead atoms. The van der Waals surface area contributed by atoms with Crippen LogP contribution in [0.2, 0.25) is 5.02 Å². The van der Waals surface area contributed by atoms with E-state index in [4.69, 9.17) is 11.6 Å². The molecule has 2 fully saturated rings. The second-order valence-electron chi connectivity index (χ2n) is 10.3. The predicted octanol–water partition coefficient (Wildman–Crippen LogP) is 6.42. The van der Waals surface area contributed by atoms with Crippen LogP contribution in [0.3, 0.4) is 0 Å². The Morgan fingerprint density at radius 2 is 1.64 bits per heavy atom. The van der Waals surface area contributed by atoms with Crippen LogP contribution in [0, 0.1) is 11.8 Å². The number of hydrogen-bond acceptors (Lipinski definition) is 2. The zero-order valence-corrected chi connectivity index (χ0v) is 19.6. The second-order valence-corrected chi connectivity index (χ2v) is 10.7. The van der Waals surface area contributed by atoms with E-state index >= 15 is 0 Å². The number of halogens is 4. The molecule has 1 saturated carbocycles. The number of urea groups is 1. The zero-order valence-electron chi connectivity index (χ0n) is 18.8. The number of alkyl halides is 3. The van der Waals surface area contributed by atoms with E-state index in [1.165, 1.54) is 11.6 Å². The van der Waals surface area contributed by atoms with E-state index in [9.17, 15) is 23.1 Å². The maximum absolute atomic E-state index is 13.1. The Morgan fingerprint density at radius 1 is 1.06 bits per heavy atom. The molecule has 8 heteroatoms. The largest absolute Gasteiger partial charge is 0.417 e. The van der Waals surface area contributed by atoms with Crippen molar-refractivity contribution in [1.29, 1.82) is 0 Å². The molecule has 1 aliphatic heterocycles. The minimum Gasteiger partial charge on any atom is -0.385 e. The molecule has 1 saturated heterocycles. The zero-order chi connectivity index (χ0) is 24.2. The Morgan fingerprint density at radius 3 is 2.15 bits per heavy atom. The van der Waals surface area contributed by atoms with Crippen molar-refractivity contribution in [2.75, 3.05) is 18.4 Å². The van der Waals surface area contributed by atoms with Crippen molar-refractivity contribution >= 4 is 23.3 Å². The average Bonchev–Trinajstić information content (AvgIpc) is 3.24. The number of fused-ring (bicyclic) bond motifs is 1. The number of aliphatic hydroxyl groups is 1. The van der Waals surface area contributed by atoms with Gasteiger partial charge >= 0.3 is 12.2 Å². The van der Waals surface area contributed by atoms with Gasteiger partial charge in [-0.3, -0.25) is 0 Å². The van der Waals surface area contributed by atoms with E-state index in [1.54, 1.807) is 4.90 Å². The van der Waals surface area contributed by atoms with Crippen LogP contribution in [0.5, 0.6) is 0 Å². The predicted molar refractivity (Wildman–Crippen MR) is 122 cm³/mol. The number of nitrogens with zero attached hydrogens (tertiary/aromatic N) is 1. The standard InChI is InChI=1S/C25H28ClF3N2O2/c1-23(2,3)17-4-6-18(7-5-17)24(33)11-15-13-31(14-16(15)12-24)22(32)30-19-8-9-21(26)20(10-19)25(27,28)29/h4-10,15-16,33H,11-14H2,1-3H3,(H,30,32)/t15-,16+,24-. The topological polar surface area (TPSA) is 52.6 Å². The molecule has 1 aliphatic carbocycles. The van der Waals surface area contributed by atoms with Gasteiger partial charge in [-0.25, -0.2) is 4.79 Å². The first-order valence-electron chi connectivity index (χ1n) is 11.0. The van der Waals surface area contributed by atoms with Crippen LogP contribution in [0.1, 0.15) is 50.3 Å². The van der Waals surface area contributed by atoms with Crippen molar-refractivity contribution in [1.82, 2.24) is 4.90 Å². The monoisotopic (exact) mass is 480 g/mol. The summed E-state index contributed by atoms with van der Waals surface area (Å²) in [5, 5.41) is 13.5. The van der Waals surface area contributed by atoms with E-state index in [0.717, 1.165) is 17.7 Å². The molecule has 1 heterocycles. The normalized spacial score (nSPS) is 25.3. The summed E-state index contributed by atoms with van der Waals surface area (Å²) in [6.07, 6.45) is -3.50. The Bertz CT molecular complexity index is 1030. The summed E-state index contributed by atoms with van der Waals surface area (Å²) in [5.74, 6) is 0.276. The lowest BCUT2D eigenvalue weighted by Crippen LogP contribution is -2.35. The van der Waals surface area contributed by atoms with Crippen LogP contribution in [-0.4, -0.2) is 29.1 Å². The van der Waals surface area contributed by atoms with Crippen molar-refractivity contribution < 1.29 is 23.1 Å². The molecule has 2 aromatic carbocycles. The van der Waals surface area contributed by atoms with Crippen molar-refractivity contribution in [2.45, 2.75) is 50.8 Å². The molecule has 2 aliphatic rings. The minimum absolute atomic E-state index is 0.0339. The Hall–Kier alpha value is -2.25. The fourth-order valence-electron chi connectivity index (χ4n) is 5.06. The molecule has 0 unspecified atom stereocenters. The Labute approximate surface area is 196 Å². The Balaban J connectivity index is 1.40. The van der Waals surface area contributed by atoms with Crippen LogP contribution < -0.4 is 5.32 Å². The van der Waals surface area contributed by atoms with E-state index in [2.05, 4.69) is 38.2 Å². The van der Waals surface area contributed by atoms with Crippen LogP contribution in [0.15, 0.2) is 42.5 Å². The number of nitrogens with one attached hydrogen (secondary N) is 1. The van der Waals surface area contributed by atoms with Gasteiger partial charge in [-0.05, 0) is 59.4 Å². The molecular formula is C25H28ClF3N2O2. The fourth-order valence-corrected chi connectivity index (χ4v) is 5.28. The van der Waals surface area contributed by atoms with Crippen molar-refractivity contribution in [3.8, 4) is 0 Å². The first-order chi connectivity index (χ1) is 15.3. The maximum atomic E-state index is 13.1. The highest BCUT2D eigenvalue weighted by atomic mass is 35.5. The summed E-state index contributed by atoms with van der Waals surface area (Å²) in [4.78, 5) is 14.3. The molecule has 0 radical (unpaired) electrons. The van der Waals surface area contributed by atoms with Crippen molar-refractivity contribution in [3.05, 3.63) is 64.2 Å². The molecule has 0 aromatic heterocycles. The van der Waals surface area contributed by atoms with E-state index in [-0.39, 0.29) is 22.9 Å². The van der Waals surface area contributed by atoms with Crippen LogP contribution in [0.4, 0.5) is 23.7 Å². The first kappa shape index (κ1) is 23.9. The number of likely N-dealkylation sites (tertiary alicyclic amines) is 1. The second kappa shape index (κ2) is 8.20. The van der Waals surface area contributed by atoms with Crippen molar-refractivity contribution in [3.63, 3.8) is 0 Å². The van der Waals surface area contributed by atoms with Gasteiger partial charge in [-0.1, -0.05) is 56.6 Å². The number of anilines is 1. The first-order valence-corrected chi connectivity index (χ1v) is 11.4. The highest BCUT2D eigenvalue weighted by molar-refractivity contribution is 6.31. The third kappa shape index (κ3) is 4.85. The molecule has 0 spiro atoms. The highest BCUT2D eigenvalue weighted by Gasteiger charge is 2.50. The van der Waals surface area contributed by atoms with Gasteiger partial charge in [0.25, 0.3) is 0 Å². The number of rotatable bonds is 2. The fraction of sp³-hybridized carbons (Fsp3) is 0.480. The van der Waals surface area contributed by atoms with Gasteiger partial charge in [0.2, 0.25) is 0 Å². The van der Waals surface area contributed by atoms with Gasteiger partial charge in [0, 0.05) is 18.8 Å². The summed E-state index contributed by atoms with van der Waals surface area (Å²) in [6, 6.07) is 11.0. The lowest BCUT2D eigenvalue weighted by molar-refractivity contribution is -0.137. The minimum atomic E-state index is -4.60. The molecule has 178 valence electrons. The average molecular weight is 481 g/mol. The summed E-state index contributed by atoms with van der Waals surface area (Å²) >= 11 is 5.65. The van der Waals surface area contributed by atoms with Gasteiger partial charge in [-0.2, -0.15) is 13.2 Å². The molecule has 2 N–H and O–H groups in total. The third-order valence-electron chi connectivity index (χ3n) is 6.87. The number of carbonyl (C=O) groups excluding carboxylic acids is 1. The quantitative estimate of drug-likeness (QED) is 0.521. The number of amides is 2. The smallest absolute Gasteiger partial charge is 0.385 e. The van der Waals surface area contributed by atoms with E-state index in [1.807, 2.05) is 12.1 Å². The van der Waals surface area contributed by atoms with E-state index in [0.29, 0.717) is 25.9 Å². The van der Waals surface area contributed by atoms with Gasteiger partial charge in [0.1, 0.15) is 0 Å². The summed E-state index contributed by atoms with van der Waals surface area (Å²) in [5.41, 5.74) is 0.263. The van der Waals surface area contributed by atoms with Crippen molar-refractivity contribution in [2.24, 2.45) is 11.8 Å². The Kier molecular flexibility index (Phi) is 5.94. The van der Waals surface area contributed by atoms with E-state index < -0.39 is 28.4 Å². The van der Waals surface area contributed by atoms with Crippen LogP contribution >= 0.6 is 11.6 Å². The molecular weight excluding hydrogens is 453 g/mol. The molecule has 2 aromatic rings. The third-order valence-corrected chi connectivity index (χ3v) is 7.20.